The van der Waals surface area contributed by atoms with E-state index in [2.05, 4.69) is 10.6 Å². The van der Waals surface area contributed by atoms with Gasteiger partial charge in [0.2, 0.25) is 0 Å². The van der Waals surface area contributed by atoms with Crippen molar-refractivity contribution in [3.05, 3.63) is 87.4 Å². The van der Waals surface area contributed by atoms with E-state index in [0.717, 1.165) is 10.5 Å². The Morgan fingerprint density at radius 3 is 2.53 bits per heavy atom. The molecule has 0 bridgehead atoms. The Morgan fingerprint density at radius 1 is 1.05 bits per heavy atom. The summed E-state index contributed by atoms with van der Waals surface area (Å²) in [4.78, 5) is 51.2. The minimum atomic E-state index is -0.900. The highest BCUT2D eigenvalue weighted by Gasteiger charge is 2.37. The molecule has 0 atom stereocenters. The number of hydrogen-bond acceptors (Lipinski definition) is 6. The van der Waals surface area contributed by atoms with Gasteiger partial charge in [-0.1, -0.05) is 47.5 Å². The number of rotatable bonds is 7. The fourth-order valence-corrected chi connectivity index (χ4v) is 4.13. The van der Waals surface area contributed by atoms with Gasteiger partial charge in [0.25, 0.3) is 17.7 Å². The molecule has 1 fully saturated rings. The summed E-state index contributed by atoms with van der Waals surface area (Å²) in [6.07, 6.45) is 1.27. The van der Waals surface area contributed by atoms with Crippen LogP contribution in [0.25, 0.3) is 6.08 Å². The lowest BCUT2D eigenvalue weighted by Crippen LogP contribution is -2.54. The molecule has 0 unspecified atom stereocenters. The van der Waals surface area contributed by atoms with Crippen molar-refractivity contribution in [2.24, 2.45) is 0 Å². The summed E-state index contributed by atoms with van der Waals surface area (Å²) in [6.45, 7) is 1.52. The number of carbonyl (C=O) groups excluding carboxylic acids is 4. The molecule has 2 N–H and O–H groups in total. The number of aryl methyl sites for hydroxylation is 1. The van der Waals surface area contributed by atoms with Gasteiger partial charge in [0, 0.05) is 10.7 Å². The number of para-hydroxylation sites is 1. The molecule has 0 radical (unpaired) electrons. The van der Waals surface area contributed by atoms with Gasteiger partial charge in [-0.15, -0.1) is 0 Å². The van der Waals surface area contributed by atoms with E-state index >= 15 is 0 Å². The number of amides is 5. The number of hydrogen-bond donors (Lipinski definition) is 2. The van der Waals surface area contributed by atoms with Crippen LogP contribution in [0.4, 0.5) is 16.2 Å². The first-order valence-corrected chi connectivity index (χ1v) is 12.0. The van der Waals surface area contributed by atoms with Crippen LogP contribution in [0, 0.1) is 6.92 Å². The Kier molecular flexibility index (Phi) is 7.99. The van der Waals surface area contributed by atoms with E-state index in [1.165, 1.54) is 37.5 Å². The molecule has 3 aromatic carbocycles. The van der Waals surface area contributed by atoms with Crippen molar-refractivity contribution in [3.63, 3.8) is 0 Å². The summed E-state index contributed by atoms with van der Waals surface area (Å²) in [5.74, 6) is -1.85. The Labute approximate surface area is 227 Å². The molecule has 9 nitrogen and oxygen atoms in total. The first-order valence-electron chi connectivity index (χ1n) is 11.2. The maximum Gasteiger partial charge on any atom is 0.335 e. The summed E-state index contributed by atoms with van der Waals surface area (Å²) < 4.78 is 11.0. The van der Waals surface area contributed by atoms with E-state index in [1.54, 1.807) is 24.3 Å². The van der Waals surface area contributed by atoms with E-state index < -0.39 is 23.8 Å². The summed E-state index contributed by atoms with van der Waals surface area (Å²) >= 11 is 12.4. The maximum absolute atomic E-state index is 13.1. The van der Waals surface area contributed by atoms with Crippen LogP contribution in [0.1, 0.15) is 11.1 Å². The molecule has 0 aromatic heterocycles. The van der Waals surface area contributed by atoms with Crippen molar-refractivity contribution in [1.29, 1.82) is 0 Å². The number of halogens is 2. The lowest BCUT2D eigenvalue weighted by atomic mass is 10.1. The van der Waals surface area contributed by atoms with Crippen molar-refractivity contribution >= 4 is 64.4 Å². The Balaban J connectivity index is 1.57. The quantitative estimate of drug-likeness (QED) is 0.314. The van der Waals surface area contributed by atoms with Gasteiger partial charge in [0.15, 0.2) is 18.1 Å². The lowest BCUT2D eigenvalue weighted by molar-refractivity contribution is -0.122. The SMILES string of the molecule is COc1cc(/C=C2\C(=O)NC(=O)N(c3cccc(Cl)c3)C2=O)cc(Cl)c1OCC(=O)Nc1ccccc1C. The van der Waals surface area contributed by atoms with Gasteiger partial charge in [-0.25, -0.2) is 9.69 Å². The number of benzene rings is 3. The van der Waals surface area contributed by atoms with Crippen LogP contribution in [0.3, 0.4) is 0 Å². The second-order valence-corrected chi connectivity index (χ2v) is 8.97. The Bertz CT molecular complexity index is 1490. The largest absolute Gasteiger partial charge is 0.493 e. The number of urea groups is 1. The summed E-state index contributed by atoms with van der Waals surface area (Å²) in [5, 5.41) is 5.29. The van der Waals surface area contributed by atoms with E-state index in [0.29, 0.717) is 16.3 Å². The zero-order valence-electron chi connectivity index (χ0n) is 20.2. The molecule has 0 saturated carbocycles. The van der Waals surface area contributed by atoms with Crippen molar-refractivity contribution in [2.45, 2.75) is 6.92 Å². The zero-order valence-corrected chi connectivity index (χ0v) is 21.7. The van der Waals surface area contributed by atoms with Gasteiger partial charge in [0.1, 0.15) is 5.57 Å². The molecule has 194 valence electrons. The molecular weight excluding hydrogens is 533 g/mol. The minimum Gasteiger partial charge on any atom is -0.493 e. The molecular formula is C27H21Cl2N3O6. The molecule has 0 aliphatic carbocycles. The summed E-state index contributed by atoms with van der Waals surface area (Å²) in [6, 6.07) is 15.4. The number of anilines is 2. The van der Waals surface area contributed by atoms with Crippen molar-refractivity contribution in [1.82, 2.24) is 5.32 Å². The number of ether oxygens (including phenoxy) is 2. The van der Waals surface area contributed by atoms with Crippen molar-refractivity contribution < 1.29 is 28.7 Å². The fraction of sp³-hybridized carbons (Fsp3) is 0.111. The molecule has 4 rings (SSSR count). The average Bonchev–Trinajstić information content (AvgIpc) is 2.87. The third-order valence-electron chi connectivity index (χ3n) is 5.50. The highest BCUT2D eigenvalue weighted by molar-refractivity contribution is 6.39. The zero-order chi connectivity index (χ0) is 27.4. The van der Waals surface area contributed by atoms with E-state index in [-0.39, 0.29) is 34.4 Å². The minimum absolute atomic E-state index is 0.0753. The first kappa shape index (κ1) is 26.7. The van der Waals surface area contributed by atoms with E-state index in [9.17, 15) is 19.2 Å². The molecule has 5 amide bonds. The molecule has 1 aliphatic heterocycles. The van der Waals surface area contributed by atoms with Gasteiger partial charge in [0.05, 0.1) is 17.8 Å². The molecule has 1 saturated heterocycles. The van der Waals surface area contributed by atoms with Gasteiger partial charge in [-0.2, -0.15) is 0 Å². The van der Waals surface area contributed by atoms with Gasteiger partial charge >= 0.3 is 6.03 Å². The highest BCUT2D eigenvalue weighted by atomic mass is 35.5. The van der Waals surface area contributed by atoms with Gasteiger partial charge < -0.3 is 14.8 Å². The van der Waals surface area contributed by atoms with Crippen molar-refractivity contribution in [3.8, 4) is 11.5 Å². The van der Waals surface area contributed by atoms with Crippen LogP contribution in [0.2, 0.25) is 10.0 Å². The molecule has 3 aromatic rings. The van der Waals surface area contributed by atoms with Crippen LogP contribution in [0.5, 0.6) is 11.5 Å². The maximum atomic E-state index is 13.1. The summed E-state index contributed by atoms with van der Waals surface area (Å²) in [7, 11) is 1.38. The number of imide groups is 2. The summed E-state index contributed by atoms with van der Waals surface area (Å²) in [5.41, 5.74) is 1.76. The fourth-order valence-electron chi connectivity index (χ4n) is 3.67. The van der Waals surface area contributed by atoms with E-state index in [4.69, 9.17) is 32.7 Å². The number of carbonyl (C=O) groups is 4. The standard InChI is InChI=1S/C27H21Cl2N3O6/c1-15-6-3-4-9-21(15)30-23(33)14-38-24-20(29)11-16(12-22(24)37-2)10-19-25(34)31-27(36)32(26(19)35)18-8-5-7-17(28)13-18/h3-13H,14H2,1-2H3,(H,30,33)(H,31,34,36)/b19-10+. The number of barbiturate groups is 1. The highest BCUT2D eigenvalue weighted by Crippen LogP contribution is 2.37. The van der Waals surface area contributed by atoms with Crippen LogP contribution < -0.4 is 25.0 Å². The van der Waals surface area contributed by atoms with Crippen LogP contribution >= 0.6 is 23.2 Å². The van der Waals surface area contributed by atoms with Crippen molar-refractivity contribution in [2.75, 3.05) is 23.9 Å². The normalized spacial score (nSPS) is 14.4. The first-order chi connectivity index (χ1) is 18.2. The van der Waals surface area contributed by atoms with Gasteiger partial charge in [-0.05, 0) is 60.5 Å². The van der Waals surface area contributed by atoms with Crippen LogP contribution in [-0.4, -0.2) is 37.5 Å². The average molecular weight is 554 g/mol. The molecule has 38 heavy (non-hydrogen) atoms. The monoisotopic (exact) mass is 553 g/mol. The van der Waals surface area contributed by atoms with E-state index in [1.807, 2.05) is 19.1 Å². The Morgan fingerprint density at radius 2 is 1.82 bits per heavy atom. The molecule has 1 aliphatic rings. The van der Waals surface area contributed by atoms with Crippen LogP contribution in [-0.2, 0) is 14.4 Å². The Hall–Kier alpha value is -4.34. The molecule has 11 heteroatoms. The number of nitrogens with zero attached hydrogens (tertiary/aromatic N) is 1. The third kappa shape index (κ3) is 5.80. The third-order valence-corrected chi connectivity index (χ3v) is 6.01. The number of methoxy groups -OCH3 is 1. The predicted octanol–water partition coefficient (Wildman–Crippen LogP) is 4.99. The molecule has 0 spiro atoms. The second-order valence-electron chi connectivity index (χ2n) is 8.12. The lowest BCUT2D eigenvalue weighted by Gasteiger charge is -2.26. The van der Waals surface area contributed by atoms with Gasteiger partial charge in [-0.3, -0.25) is 19.7 Å². The topological polar surface area (TPSA) is 114 Å². The smallest absolute Gasteiger partial charge is 0.335 e. The molecule has 1 heterocycles. The second kappa shape index (κ2) is 11.4. The predicted molar refractivity (Wildman–Crippen MR) is 144 cm³/mol. The van der Waals surface area contributed by atoms with Crippen LogP contribution in [0.15, 0.2) is 66.2 Å². The number of nitrogens with one attached hydrogen (secondary N) is 2.